The maximum atomic E-state index is 12.0. The zero-order valence-corrected chi connectivity index (χ0v) is 19.3. The highest BCUT2D eigenvalue weighted by molar-refractivity contribution is 5.79. The molecule has 0 amide bonds. The summed E-state index contributed by atoms with van der Waals surface area (Å²) in [5.41, 5.74) is -0.185. The van der Waals surface area contributed by atoms with E-state index < -0.39 is 12.1 Å². The van der Waals surface area contributed by atoms with Gasteiger partial charge in [-0.2, -0.15) is 0 Å². The van der Waals surface area contributed by atoms with Crippen LogP contribution in [0.25, 0.3) is 0 Å². The van der Waals surface area contributed by atoms with Gasteiger partial charge < -0.3 is 15.3 Å². The molecule has 4 fully saturated rings. The Kier molecular flexibility index (Phi) is 7.03. The van der Waals surface area contributed by atoms with Crippen LogP contribution in [0.4, 0.5) is 0 Å². The Balaban J connectivity index is 0.00000124. The van der Waals surface area contributed by atoms with Crippen molar-refractivity contribution in [1.29, 1.82) is 0 Å². The number of rotatable bonds is 4. The molecule has 0 aliphatic heterocycles. The molecule has 0 radical (unpaired) electrons. The molecule has 0 saturated heterocycles. The fraction of sp³-hybridized carbons (Fsp3) is 0.920. The van der Waals surface area contributed by atoms with Crippen LogP contribution >= 0.6 is 0 Å². The van der Waals surface area contributed by atoms with Crippen molar-refractivity contribution in [2.75, 3.05) is 0 Å². The Bertz CT molecular complexity index is 647. The number of aliphatic hydroxyl groups is 2. The third kappa shape index (κ3) is 3.74. The quantitative estimate of drug-likeness (QED) is 0.623. The second-order valence-corrected chi connectivity index (χ2v) is 10.7. The third-order valence-corrected chi connectivity index (χ3v) is 9.74. The van der Waals surface area contributed by atoms with Gasteiger partial charge in [0, 0.05) is 19.3 Å². The van der Waals surface area contributed by atoms with Crippen LogP contribution in [0.5, 0.6) is 0 Å². The van der Waals surface area contributed by atoms with Gasteiger partial charge in [-0.05, 0) is 85.4 Å². The van der Waals surface area contributed by atoms with Crippen molar-refractivity contribution in [3.8, 4) is 0 Å². The number of hydrogen-bond acceptors (Lipinski definition) is 4. The largest absolute Gasteiger partial charge is 0.481 e. The first kappa shape index (κ1) is 23.7. The summed E-state index contributed by atoms with van der Waals surface area (Å²) >= 11 is 0. The molecule has 4 aliphatic rings. The predicted octanol–water partition coefficient (Wildman–Crippen LogP) is 4.44. The van der Waals surface area contributed by atoms with E-state index in [1.165, 1.54) is 0 Å². The van der Waals surface area contributed by atoms with Crippen LogP contribution in [0, 0.1) is 40.4 Å². The molecule has 0 spiro atoms. The Labute approximate surface area is 181 Å². The summed E-state index contributed by atoms with van der Waals surface area (Å²) in [5, 5.41) is 31.5. The maximum absolute atomic E-state index is 12.0. The van der Waals surface area contributed by atoms with Gasteiger partial charge in [-0.15, -0.1) is 0 Å². The van der Waals surface area contributed by atoms with Crippen molar-refractivity contribution in [2.45, 2.75) is 104 Å². The van der Waals surface area contributed by atoms with Gasteiger partial charge in [-0.1, -0.05) is 27.7 Å². The van der Waals surface area contributed by atoms with E-state index in [1.54, 1.807) is 0 Å². The Hall–Kier alpha value is -0.940. The molecular formula is C25H42O5. The van der Waals surface area contributed by atoms with Crippen molar-refractivity contribution in [3.63, 3.8) is 0 Å². The van der Waals surface area contributed by atoms with Gasteiger partial charge in [-0.25, -0.2) is 0 Å². The predicted molar refractivity (Wildman–Crippen MR) is 116 cm³/mol. The van der Waals surface area contributed by atoms with E-state index >= 15 is 0 Å². The molecule has 1 unspecified atom stereocenters. The highest BCUT2D eigenvalue weighted by Gasteiger charge is 2.65. The molecule has 5 nitrogen and oxygen atoms in total. The molecule has 0 heterocycles. The first-order chi connectivity index (χ1) is 14.2. The first-order valence-corrected chi connectivity index (χ1v) is 12.3. The molecule has 0 aromatic rings. The van der Waals surface area contributed by atoms with Crippen molar-refractivity contribution in [3.05, 3.63) is 0 Å². The average molecular weight is 423 g/mol. The number of ketones is 1. The van der Waals surface area contributed by atoms with Gasteiger partial charge in [-0.3, -0.25) is 9.59 Å². The Morgan fingerprint density at radius 2 is 1.80 bits per heavy atom. The lowest BCUT2D eigenvalue weighted by Gasteiger charge is -2.62. The van der Waals surface area contributed by atoms with Gasteiger partial charge in [0.2, 0.25) is 0 Å². The SMILES string of the molecule is CC.C[C@]12CCC(=O)C[C@H]1C[C@@H](O)C1[C@@H]2C[C@H](O)[C@]2(C)[C@@H](CCCC(=O)O)CC[C@@H]12. The van der Waals surface area contributed by atoms with Gasteiger partial charge in [0.1, 0.15) is 5.78 Å². The molecule has 4 aliphatic carbocycles. The molecule has 4 saturated carbocycles. The molecule has 172 valence electrons. The maximum Gasteiger partial charge on any atom is 0.303 e. The molecule has 4 rings (SSSR count). The van der Waals surface area contributed by atoms with Crippen LogP contribution < -0.4 is 0 Å². The summed E-state index contributed by atoms with van der Waals surface area (Å²) in [4.78, 5) is 23.0. The number of carboxylic acid groups (broad SMARTS) is 1. The molecular weight excluding hydrogens is 380 g/mol. The molecule has 0 bridgehead atoms. The van der Waals surface area contributed by atoms with Crippen LogP contribution in [0.15, 0.2) is 0 Å². The average Bonchev–Trinajstić information content (AvgIpc) is 3.03. The number of Topliss-reactive ketones (excluding diaryl/α,β-unsaturated/α-hetero) is 1. The summed E-state index contributed by atoms with van der Waals surface area (Å²) < 4.78 is 0. The van der Waals surface area contributed by atoms with E-state index in [9.17, 15) is 19.8 Å². The fourth-order valence-corrected chi connectivity index (χ4v) is 8.08. The summed E-state index contributed by atoms with van der Waals surface area (Å²) in [6.07, 6.45) is 6.50. The molecule has 5 heteroatoms. The van der Waals surface area contributed by atoms with E-state index in [-0.39, 0.29) is 41.1 Å². The van der Waals surface area contributed by atoms with E-state index in [2.05, 4.69) is 13.8 Å². The number of carboxylic acids is 1. The van der Waals surface area contributed by atoms with Crippen LogP contribution in [-0.2, 0) is 9.59 Å². The summed E-state index contributed by atoms with van der Waals surface area (Å²) in [5.74, 6) is 0.924. The summed E-state index contributed by atoms with van der Waals surface area (Å²) in [7, 11) is 0. The standard InChI is InChI=1S/C23H36O5.C2H6/c1-22-9-8-15(24)10-14(22)11-18(25)21-16-7-6-13(4-3-5-20(27)28)23(16,2)19(26)12-17(21)22;1-2/h13-14,16-19,21,25-26H,3-12H2,1-2H3,(H,27,28);1-2H3/t13-,14-,16-,17-,18+,19-,21?,22-,23+;/m0./s1. The second-order valence-electron chi connectivity index (χ2n) is 10.7. The van der Waals surface area contributed by atoms with Crippen molar-refractivity contribution >= 4 is 11.8 Å². The smallest absolute Gasteiger partial charge is 0.303 e. The lowest BCUT2D eigenvalue weighted by atomic mass is 9.43. The van der Waals surface area contributed by atoms with Crippen molar-refractivity contribution < 1.29 is 24.9 Å². The van der Waals surface area contributed by atoms with Gasteiger partial charge in [0.25, 0.3) is 0 Å². The minimum atomic E-state index is -0.752. The monoisotopic (exact) mass is 422 g/mol. The lowest BCUT2D eigenvalue weighted by molar-refractivity contribution is -0.198. The van der Waals surface area contributed by atoms with Gasteiger partial charge in [0.05, 0.1) is 12.2 Å². The molecule has 30 heavy (non-hydrogen) atoms. The Morgan fingerprint density at radius 3 is 2.47 bits per heavy atom. The molecule has 0 aromatic heterocycles. The number of carbonyl (C=O) groups is 2. The molecule has 9 atom stereocenters. The molecule has 0 aromatic carbocycles. The van der Waals surface area contributed by atoms with Crippen LogP contribution in [0.2, 0.25) is 0 Å². The van der Waals surface area contributed by atoms with Gasteiger partial charge in [0.15, 0.2) is 0 Å². The number of aliphatic hydroxyl groups excluding tert-OH is 2. The topological polar surface area (TPSA) is 94.8 Å². The molecule has 3 N–H and O–H groups in total. The number of aliphatic carboxylic acids is 1. The van der Waals surface area contributed by atoms with E-state index in [1.807, 2.05) is 13.8 Å². The van der Waals surface area contributed by atoms with Crippen molar-refractivity contribution in [1.82, 2.24) is 0 Å². The zero-order valence-electron chi connectivity index (χ0n) is 19.3. The van der Waals surface area contributed by atoms with Gasteiger partial charge >= 0.3 is 5.97 Å². The van der Waals surface area contributed by atoms with E-state index in [4.69, 9.17) is 5.11 Å². The van der Waals surface area contributed by atoms with Crippen LogP contribution in [0.1, 0.15) is 91.9 Å². The highest BCUT2D eigenvalue weighted by Crippen LogP contribution is 2.67. The third-order valence-electron chi connectivity index (χ3n) is 9.74. The Morgan fingerprint density at radius 1 is 1.10 bits per heavy atom. The van der Waals surface area contributed by atoms with E-state index in [0.717, 1.165) is 32.1 Å². The van der Waals surface area contributed by atoms with Crippen LogP contribution in [-0.4, -0.2) is 39.3 Å². The minimum absolute atomic E-state index is 0.0432. The highest BCUT2D eigenvalue weighted by atomic mass is 16.4. The number of carbonyl (C=O) groups excluding carboxylic acids is 1. The zero-order chi connectivity index (χ0) is 22.3. The second kappa shape index (κ2) is 8.90. The van der Waals surface area contributed by atoms with Crippen LogP contribution in [0.3, 0.4) is 0 Å². The minimum Gasteiger partial charge on any atom is -0.481 e. The normalized spacial score (nSPS) is 47.4. The number of fused-ring (bicyclic) bond motifs is 5. The van der Waals surface area contributed by atoms with E-state index in [0.29, 0.717) is 43.3 Å². The summed E-state index contributed by atoms with van der Waals surface area (Å²) in [6, 6.07) is 0. The summed E-state index contributed by atoms with van der Waals surface area (Å²) in [6.45, 7) is 8.50. The lowest BCUT2D eigenvalue weighted by Crippen LogP contribution is -2.61. The number of hydrogen-bond donors (Lipinski definition) is 3. The first-order valence-electron chi connectivity index (χ1n) is 12.3. The van der Waals surface area contributed by atoms with Crippen molar-refractivity contribution in [2.24, 2.45) is 40.4 Å². The fourth-order valence-electron chi connectivity index (χ4n) is 8.08.